The minimum atomic E-state index is -0.950. The van der Waals surface area contributed by atoms with Crippen molar-refractivity contribution < 1.29 is 14.3 Å². The molecule has 0 bridgehead atoms. The summed E-state index contributed by atoms with van der Waals surface area (Å²) in [5, 5.41) is 13.7. The molecule has 0 spiro atoms. The van der Waals surface area contributed by atoms with E-state index in [1.165, 1.54) is 30.3 Å². The molecule has 4 aromatic rings. The molecule has 9 nitrogen and oxygen atoms in total. The SMILES string of the molecule is CCSc1nnc2c(n1)OC(c1cn(C(C)=O)nc1-c1ccccc1)N(C(C)=O)c1ccccc1-2. The zero-order valence-electron chi connectivity index (χ0n) is 19.4. The van der Waals surface area contributed by atoms with Crippen molar-refractivity contribution in [1.82, 2.24) is 25.0 Å². The third-order valence-corrected chi connectivity index (χ3v) is 6.22. The number of carbonyl (C=O) groups excluding carboxylic acids is 2. The van der Waals surface area contributed by atoms with Crippen LogP contribution in [0.3, 0.4) is 0 Å². The van der Waals surface area contributed by atoms with Crippen molar-refractivity contribution in [2.24, 2.45) is 0 Å². The molecule has 0 N–H and O–H groups in total. The van der Waals surface area contributed by atoms with Gasteiger partial charge in [-0.1, -0.05) is 67.2 Å². The number of benzene rings is 2. The number of hydrogen-bond donors (Lipinski definition) is 0. The minimum absolute atomic E-state index is 0.249. The van der Waals surface area contributed by atoms with Crippen molar-refractivity contribution in [2.45, 2.75) is 32.2 Å². The number of hydrogen-bond acceptors (Lipinski definition) is 8. The molecule has 2 aromatic heterocycles. The van der Waals surface area contributed by atoms with E-state index in [4.69, 9.17) is 4.74 Å². The normalized spacial score (nSPS) is 14.5. The van der Waals surface area contributed by atoms with Gasteiger partial charge >= 0.3 is 0 Å². The number of rotatable bonds is 4. The van der Waals surface area contributed by atoms with Crippen LogP contribution in [0, 0.1) is 0 Å². The van der Waals surface area contributed by atoms with Crippen LogP contribution in [0.2, 0.25) is 0 Å². The second kappa shape index (κ2) is 9.30. The van der Waals surface area contributed by atoms with E-state index in [1.54, 1.807) is 11.1 Å². The molecule has 1 atom stereocenters. The fraction of sp³-hybridized carbons (Fsp3) is 0.200. The Hall–Kier alpha value is -4.05. The molecule has 2 aromatic carbocycles. The van der Waals surface area contributed by atoms with E-state index in [1.807, 2.05) is 61.5 Å². The van der Waals surface area contributed by atoms with Crippen LogP contribution >= 0.6 is 11.8 Å². The van der Waals surface area contributed by atoms with Gasteiger partial charge in [0, 0.05) is 31.2 Å². The lowest BCUT2D eigenvalue weighted by atomic mass is 10.1. The topological polar surface area (TPSA) is 103 Å². The van der Waals surface area contributed by atoms with Gasteiger partial charge in [-0.2, -0.15) is 10.1 Å². The summed E-state index contributed by atoms with van der Waals surface area (Å²) in [6, 6.07) is 16.9. The first kappa shape index (κ1) is 22.7. The highest BCUT2D eigenvalue weighted by Gasteiger charge is 2.37. The van der Waals surface area contributed by atoms with E-state index in [9.17, 15) is 9.59 Å². The van der Waals surface area contributed by atoms with Crippen LogP contribution in [0.4, 0.5) is 5.69 Å². The van der Waals surface area contributed by atoms with E-state index in [-0.39, 0.29) is 17.7 Å². The molecule has 0 saturated heterocycles. The number of carbonyl (C=O) groups is 2. The van der Waals surface area contributed by atoms with Crippen LogP contribution in [0.25, 0.3) is 22.5 Å². The zero-order chi connectivity index (χ0) is 24.5. The van der Waals surface area contributed by atoms with Gasteiger partial charge in [0.25, 0.3) is 0 Å². The standard InChI is InChI=1S/C25H22N6O3S/c1-4-35-25-26-23-22(27-28-25)18-12-8-9-13-20(18)31(16(3)33)24(34-23)19-14-30(15(2)32)29-21(19)17-10-6-5-7-11-17/h5-14,24H,4H2,1-3H3. The Morgan fingerprint density at radius 2 is 1.71 bits per heavy atom. The van der Waals surface area contributed by atoms with Gasteiger partial charge in [0.2, 0.25) is 29.1 Å². The number of amides is 1. The zero-order valence-corrected chi connectivity index (χ0v) is 20.2. The van der Waals surface area contributed by atoms with Gasteiger partial charge in [-0.25, -0.2) is 4.68 Å². The molecule has 1 amide bonds. The summed E-state index contributed by atoms with van der Waals surface area (Å²) < 4.78 is 7.71. The maximum atomic E-state index is 13.1. The molecule has 5 rings (SSSR count). The molecule has 0 aliphatic carbocycles. The van der Waals surface area contributed by atoms with Gasteiger partial charge in [0.1, 0.15) is 5.69 Å². The van der Waals surface area contributed by atoms with Gasteiger partial charge in [-0.15, -0.1) is 10.2 Å². The predicted octanol–water partition coefficient (Wildman–Crippen LogP) is 4.62. The van der Waals surface area contributed by atoms with Gasteiger partial charge in [-0.3, -0.25) is 14.5 Å². The molecule has 1 unspecified atom stereocenters. The predicted molar refractivity (Wildman–Crippen MR) is 132 cm³/mol. The monoisotopic (exact) mass is 486 g/mol. The fourth-order valence-corrected chi connectivity index (χ4v) is 4.50. The summed E-state index contributed by atoms with van der Waals surface area (Å²) in [7, 11) is 0. The highest BCUT2D eigenvalue weighted by molar-refractivity contribution is 7.99. The summed E-state index contributed by atoms with van der Waals surface area (Å²) in [5.74, 6) is 0.513. The van der Waals surface area contributed by atoms with Gasteiger partial charge in [0.15, 0.2) is 5.69 Å². The second-order valence-electron chi connectivity index (χ2n) is 7.82. The summed E-state index contributed by atoms with van der Waals surface area (Å²) >= 11 is 1.44. The quantitative estimate of drug-likeness (QED) is 0.385. The molecular weight excluding hydrogens is 464 g/mol. The van der Waals surface area contributed by atoms with Crippen molar-refractivity contribution in [2.75, 3.05) is 10.7 Å². The Kier molecular flexibility index (Phi) is 6.04. The molecule has 176 valence electrons. The van der Waals surface area contributed by atoms with E-state index < -0.39 is 6.23 Å². The maximum Gasteiger partial charge on any atom is 0.247 e. The molecular formula is C25H22N6O3S. The molecule has 35 heavy (non-hydrogen) atoms. The van der Waals surface area contributed by atoms with E-state index in [0.717, 1.165) is 11.3 Å². The van der Waals surface area contributed by atoms with Crippen LogP contribution in [0.15, 0.2) is 66.0 Å². The lowest BCUT2D eigenvalue weighted by molar-refractivity contribution is -0.118. The Balaban J connectivity index is 1.77. The van der Waals surface area contributed by atoms with E-state index >= 15 is 0 Å². The highest BCUT2D eigenvalue weighted by Crippen LogP contribution is 2.44. The maximum absolute atomic E-state index is 13.1. The Morgan fingerprint density at radius 1 is 0.971 bits per heavy atom. The fourth-order valence-electron chi connectivity index (χ4n) is 3.99. The first-order valence-electron chi connectivity index (χ1n) is 11.1. The molecule has 1 aliphatic heterocycles. The lowest BCUT2D eigenvalue weighted by Crippen LogP contribution is -2.36. The van der Waals surface area contributed by atoms with Crippen molar-refractivity contribution in [1.29, 1.82) is 0 Å². The largest absolute Gasteiger partial charge is 0.447 e. The Morgan fingerprint density at radius 3 is 2.43 bits per heavy atom. The summed E-state index contributed by atoms with van der Waals surface area (Å²) in [6.45, 7) is 4.90. The van der Waals surface area contributed by atoms with Crippen molar-refractivity contribution in [3.8, 4) is 28.4 Å². The van der Waals surface area contributed by atoms with Crippen LogP contribution in [-0.2, 0) is 4.79 Å². The third kappa shape index (κ3) is 4.17. The number of aromatic nitrogens is 5. The number of para-hydroxylation sites is 1. The molecule has 1 aliphatic rings. The number of anilines is 1. The summed E-state index contributed by atoms with van der Waals surface area (Å²) in [5.41, 5.74) is 3.58. The van der Waals surface area contributed by atoms with Crippen LogP contribution in [0.1, 0.15) is 37.4 Å². The summed E-state index contributed by atoms with van der Waals surface area (Å²) in [4.78, 5) is 31.5. The number of fused-ring (bicyclic) bond motifs is 3. The van der Waals surface area contributed by atoms with Crippen molar-refractivity contribution in [3.63, 3.8) is 0 Å². The molecule has 3 heterocycles. The first-order chi connectivity index (χ1) is 17.0. The van der Waals surface area contributed by atoms with Crippen LogP contribution in [0.5, 0.6) is 5.88 Å². The first-order valence-corrected chi connectivity index (χ1v) is 12.1. The summed E-state index contributed by atoms with van der Waals surface area (Å²) in [6.07, 6.45) is 0.657. The second-order valence-corrected chi connectivity index (χ2v) is 9.05. The van der Waals surface area contributed by atoms with Gasteiger partial charge in [-0.05, 0) is 11.8 Å². The third-order valence-electron chi connectivity index (χ3n) is 5.50. The minimum Gasteiger partial charge on any atom is -0.447 e. The van der Waals surface area contributed by atoms with Gasteiger partial charge in [0.05, 0.1) is 11.3 Å². The lowest BCUT2D eigenvalue weighted by Gasteiger charge is -2.29. The molecule has 0 saturated carbocycles. The van der Waals surface area contributed by atoms with Crippen LogP contribution in [-0.4, -0.2) is 42.5 Å². The molecule has 0 fully saturated rings. The van der Waals surface area contributed by atoms with Crippen LogP contribution < -0.4 is 9.64 Å². The van der Waals surface area contributed by atoms with E-state index in [0.29, 0.717) is 33.4 Å². The number of nitrogens with zero attached hydrogens (tertiary/aromatic N) is 6. The molecule has 0 radical (unpaired) electrons. The number of thioether (sulfide) groups is 1. The average molecular weight is 487 g/mol. The average Bonchev–Trinajstić information content (AvgIpc) is 3.25. The van der Waals surface area contributed by atoms with Crippen molar-refractivity contribution >= 4 is 29.3 Å². The highest BCUT2D eigenvalue weighted by atomic mass is 32.2. The van der Waals surface area contributed by atoms with Gasteiger partial charge < -0.3 is 4.74 Å². The van der Waals surface area contributed by atoms with Crippen molar-refractivity contribution in [3.05, 3.63) is 66.4 Å². The Bertz CT molecular complexity index is 1420. The smallest absolute Gasteiger partial charge is 0.247 e. The van der Waals surface area contributed by atoms with E-state index in [2.05, 4.69) is 20.3 Å². The molecule has 10 heteroatoms. The Labute approximate surface area is 206 Å². The number of ether oxygens (including phenoxy) is 1.